The van der Waals surface area contributed by atoms with Crippen LogP contribution in [0.4, 0.5) is 0 Å². The number of aryl methyl sites for hydroxylation is 2. The minimum Gasteiger partial charge on any atom is -0.496 e. The van der Waals surface area contributed by atoms with Gasteiger partial charge in [-0.15, -0.1) is 10.2 Å². The van der Waals surface area contributed by atoms with E-state index in [1.165, 1.54) is 11.6 Å². The molecule has 9 nitrogen and oxygen atoms in total. The largest absolute Gasteiger partial charge is 0.496 e. The number of methoxy groups -OCH3 is 1. The topological polar surface area (TPSA) is 88.4 Å². The molecule has 0 unspecified atom stereocenters. The highest BCUT2D eigenvalue weighted by molar-refractivity contribution is 9.10. The van der Waals surface area contributed by atoms with Crippen molar-refractivity contribution in [2.75, 3.05) is 7.11 Å². The van der Waals surface area contributed by atoms with E-state index in [0.717, 1.165) is 9.04 Å². The number of hydrogen-bond donors (Lipinski definition) is 0. The molecule has 0 saturated carbocycles. The summed E-state index contributed by atoms with van der Waals surface area (Å²) in [6.45, 7) is 2.42. The lowest BCUT2D eigenvalue weighted by atomic mass is 10.2. The predicted octanol–water partition coefficient (Wildman–Crippen LogP) is 1.54. The van der Waals surface area contributed by atoms with Crippen molar-refractivity contribution in [3.05, 3.63) is 43.5 Å². The van der Waals surface area contributed by atoms with Crippen LogP contribution in [0, 0.1) is 0 Å². The zero-order valence-corrected chi connectivity index (χ0v) is 16.8. The first-order valence-corrected chi connectivity index (χ1v) is 9.07. The summed E-state index contributed by atoms with van der Waals surface area (Å²) in [5.74, 6) is 1.59. The Balaban J connectivity index is 2.27. The predicted molar refractivity (Wildman–Crippen MR) is 104 cm³/mol. The number of aromatic nitrogens is 6. The lowest BCUT2D eigenvalue weighted by Crippen LogP contribution is -2.37. The van der Waals surface area contributed by atoms with E-state index in [4.69, 9.17) is 4.74 Å². The molecule has 0 saturated heterocycles. The standard InChI is InChI=1S/C17H17BrN6O3/c1-5-23-12-14(21(2)17(26)22(3)15(12)25)24-13(19-20-16(23)24)10-8-9(18)6-7-11(10)27-4/h6-8H,5H2,1-4H3. The molecule has 4 rings (SSSR count). The molecule has 0 fully saturated rings. The first-order valence-electron chi connectivity index (χ1n) is 8.28. The van der Waals surface area contributed by atoms with E-state index in [-0.39, 0.29) is 5.56 Å². The summed E-state index contributed by atoms with van der Waals surface area (Å²) in [7, 11) is 4.67. The molecule has 27 heavy (non-hydrogen) atoms. The van der Waals surface area contributed by atoms with Crippen LogP contribution in [0.3, 0.4) is 0 Å². The normalized spacial score (nSPS) is 11.6. The second kappa shape index (κ2) is 6.08. The van der Waals surface area contributed by atoms with E-state index in [2.05, 4.69) is 26.1 Å². The SMILES string of the molecule is CCn1c2c(=O)n(C)c(=O)n(C)c2n2c(-c3cc(Br)ccc3OC)nnc12. The molecular weight excluding hydrogens is 416 g/mol. The van der Waals surface area contributed by atoms with Gasteiger partial charge in [0.2, 0.25) is 5.78 Å². The second-order valence-electron chi connectivity index (χ2n) is 6.13. The number of rotatable bonds is 3. The first-order chi connectivity index (χ1) is 12.9. The quantitative estimate of drug-likeness (QED) is 0.489. The number of hydrogen-bond acceptors (Lipinski definition) is 5. The Labute approximate surface area is 161 Å². The van der Waals surface area contributed by atoms with Gasteiger partial charge in [-0.3, -0.25) is 13.9 Å². The maximum atomic E-state index is 12.8. The molecule has 0 atom stereocenters. The number of imidazole rings is 1. The van der Waals surface area contributed by atoms with Gasteiger partial charge in [0.05, 0.1) is 12.7 Å². The van der Waals surface area contributed by atoms with Crippen LogP contribution in [0.15, 0.2) is 32.3 Å². The highest BCUT2D eigenvalue weighted by Gasteiger charge is 2.24. The Bertz CT molecular complexity index is 1330. The number of nitrogens with zero attached hydrogens (tertiary/aromatic N) is 6. The third-order valence-electron chi connectivity index (χ3n) is 4.70. The molecule has 4 aromatic rings. The molecule has 3 aromatic heterocycles. The van der Waals surface area contributed by atoms with Crippen LogP contribution in [-0.4, -0.2) is 35.4 Å². The van der Waals surface area contributed by atoms with Gasteiger partial charge in [0.1, 0.15) is 5.75 Å². The van der Waals surface area contributed by atoms with E-state index in [0.29, 0.717) is 40.6 Å². The van der Waals surface area contributed by atoms with Crippen molar-refractivity contribution in [2.24, 2.45) is 14.1 Å². The maximum Gasteiger partial charge on any atom is 0.332 e. The van der Waals surface area contributed by atoms with Crippen molar-refractivity contribution in [2.45, 2.75) is 13.5 Å². The second-order valence-corrected chi connectivity index (χ2v) is 7.04. The van der Waals surface area contributed by atoms with Gasteiger partial charge in [0.15, 0.2) is 17.0 Å². The van der Waals surface area contributed by atoms with E-state index in [1.807, 2.05) is 25.1 Å². The summed E-state index contributed by atoms with van der Waals surface area (Å²) in [5, 5.41) is 8.62. The lowest BCUT2D eigenvalue weighted by molar-refractivity contribution is 0.416. The molecule has 140 valence electrons. The zero-order chi connectivity index (χ0) is 19.5. The summed E-state index contributed by atoms with van der Waals surface area (Å²) in [4.78, 5) is 25.3. The summed E-state index contributed by atoms with van der Waals surface area (Å²) >= 11 is 3.46. The molecule has 3 heterocycles. The molecular formula is C17H17BrN6O3. The Morgan fingerprint density at radius 1 is 1.15 bits per heavy atom. The van der Waals surface area contributed by atoms with E-state index in [9.17, 15) is 9.59 Å². The van der Waals surface area contributed by atoms with Crippen LogP contribution < -0.4 is 16.0 Å². The molecule has 0 amide bonds. The highest BCUT2D eigenvalue weighted by atomic mass is 79.9. The molecule has 10 heteroatoms. The average Bonchev–Trinajstić information content (AvgIpc) is 3.22. The monoisotopic (exact) mass is 432 g/mol. The summed E-state index contributed by atoms with van der Waals surface area (Å²) < 4.78 is 12.3. The number of fused-ring (bicyclic) bond motifs is 3. The third kappa shape index (κ3) is 2.29. The minimum atomic E-state index is -0.413. The van der Waals surface area contributed by atoms with Crippen LogP contribution in [0.25, 0.3) is 28.3 Å². The van der Waals surface area contributed by atoms with E-state index in [1.54, 1.807) is 23.1 Å². The number of benzene rings is 1. The molecule has 0 bridgehead atoms. The Morgan fingerprint density at radius 2 is 1.89 bits per heavy atom. The molecule has 0 aliphatic heterocycles. The minimum absolute atomic E-state index is 0.368. The number of halogens is 1. The fourth-order valence-electron chi connectivity index (χ4n) is 3.38. The molecule has 0 spiro atoms. The summed E-state index contributed by atoms with van der Waals surface area (Å²) in [6, 6.07) is 5.54. The van der Waals surface area contributed by atoms with Gasteiger partial charge in [-0.2, -0.15) is 0 Å². The van der Waals surface area contributed by atoms with E-state index < -0.39 is 5.69 Å². The Hall–Kier alpha value is -2.88. The van der Waals surface area contributed by atoms with Crippen LogP contribution >= 0.6 is 15.9 Å². The van der Waals surface area contributed by atoms with Gasteiger partial charge in [0, 0.05) is 25.1 Å². The van der Waals surface area contributed by atoms with Gasteiger partial charge >= 0.3 is 5.69 Å². The summed E-state index contributed by atoms with van der Waals surface area (Å²) in [6.07, 6.45) is 0. The Morgan fingerprint density at radius 3 is 2.56 bits per heavy atom. The molecule has 1 aromatic carbocycles. The van der Waals surface area contributed by atoms with E-state index >= 15 is 0 Å². The van der Waals surface area contributed by atoms with Gasteiger partial charge in [0.25, 0.3) is 5.56 Å². The number of ether oxygens (including phenoxy) is 1. The molecule has 0 N–H and O–H groups in total. The smallest absolute Gasteiger partial charge is 0.332 e. The van der Waals surface area contributed by atoms with Gasteiger partial charge in [-0.1, -0.05) is 15.9 Å². The fraction of sp³-hybridized carbons (Fsp3) is 0.294. The van der Waals surface area contributed by atoms with Gasteiger partial charge in [-0.05, 0) is 25.1 Å². The van der Waals surface area contributed by atoms with Crippen molar-refractivity contribution in [3.8, 4) is 17.1 Å². The fourth-order valence-corrected chi connectivity index (χ4v) is 3.74. The van der Waals surface area contributed by atoms with Crippen LogP contribution in [0.1, 0.15) is 6.92 Å². The average molecular weight is 433 g/mol. The van der Waals surface area contributed by atoms with Crippen molar-refractivity contribution >= 4 is 32.9 Å². The molecule has 0 aliphatic rings. The van der Waals surface area contributed by atoms with Crippen molar-refractivity contribution in [1.82, 2.24) is 28.3 Å². The van der Waals surface area contributed by atoms with Crippen LogP contribution in [0.5, 0.6) is 5.75 Å². The maximum absolute atomic E-state index is 12.8. The molecule has 0 radical (unpaired) electrons. The highest BCUT2D eigenvalue weighted by Crippen LogP contribution is 2.33. The van der Waals surface area contributed by atoms with Gasteiger partial charge in [-0.25, -0.2) is 9.20 Å². The first kappa shape index (κ1) is 17.5. The summed E-state index contributed by atoms with van der Waals surface area (Å²) in [5.41, 5.74) is 0.767. The third-order valence-corrected chi connectivity index (χ3v) is 5.19. The van der Waals surface area contributed by atoms with Crippen LogP contribution in [-0.2, 0) is 20.6 Å². The Kier molecular flexibility index (Phi) is 3.95. The van der Waals surface area contributed by atoms with Crippen molar-refractivity contribution in [1.29, 1.82) is 0 Å². The zero-order valence-electron chi connectivity index (χ0n) is 15.2. The van der Waals surface area contributed by atoms with Crippen LogP contribution in [0.2, 0.25) is 0 Å². The molecule has 0 aliphatic carbocycles. The lowest BCUT2D eigenvalue weighted by Gasteiger charge is -2.09. The van der Waals surface area contributed by atoms with Gasteiger partial charge < -0.3 is 9.30 Å². The van der Waals surface area contributed by atoms with Crippen molar-refractivity contribution in [3.63, 3.8) is 0 Å². The van der Waals surface area contributed by atoms with Crippen molar-refractivity contribution < 1.29 is 4.74 Å².